The van der Waals surface area contributed by atoms with Gasteiger partial charge in [-0.1, -0.05) is 0 Å². The summed E-state index contributed by atoms with van der Waals surface area (Å²) in [4.78, 5) is 22.9. The Labute approximate surface area is 175 Å². The maximum Gasteiger partial charge on any atom is 0.321 e. The quantitative estimate of drug-likeness (QED) is 0.643. The minimum atomic E-state index is 0.0373. The Hall–Kier alpha value is -3.22. The predicted octanol–water partition coefficient (Wildman–Crippen LogP) is 4.46. The van der Waals surface area contributed by atoms with Crippen LogP contribution >= 0.6 is 0 Å². The Kier molecular flexibility index (Phi) is 4.53. The zero-order valence-electron chi connectivity index (χ0n) is 17.5. The SMILES string of the molecule is CC(=O)N1c2ccc(-c3cnn(C4CC4)c3)c(Oc3ncc(C)cn3)c2CCC1C. The van der Waals surface area contributed by atoms with E-state index in [9.17, 15) is 4.79 Å². The molecular formula is C23H25N5O2. The highest BCUT2D eigenvalue weighted by Crippen LogP contribution is 2.45. The number of aromatic nitrogens is 4. The minimum Gasteiger partial charge on any atom is -0.423 e. The van der Waals surface area contributed by atoms with E-state index >= 15 is 0 Å². The van der Waals surface area contributed by atoms with E-state index in [0.29, 0.717) is 17.8 Å². The first-order valence-electron chi connectivity index (χ1n) is 10.5. The fourth-order valence-corrected chi connectivity index (χ4v) is 4.17. The zero-order valence-corrected chi connectivity index (χ0v) is 17.5. The van der Waals surface area contributed by atoms with E-state index in [4.69, 9.17) is 4.74 Å². The summed E-state index contributed by atoms with van der Waals surface area (Å²) in [6.07, 6.45) is 11.5. The number of hydrogen-bond donors (Lipinski definition) is 0. The lowest BCUT2D eigenvalue weighted by molar-refractivity contribution is -0.117. The van der Waals surface area contributed by atoms with Crippen LogP contribution in [0.2, 0.25) is 0 Å². The van der Waals surface area contributed by atoms with Gasteiger partial charge in [-0.3, -0.25) is 9.48 Å². The number of amides is 1. The smallest absolute Gasteiger partial charge is 0.321 e. The van der Waals surface area contributed by atoms with Crippen molar-refractivity contribution in [2.24, 2.45) is 0 Å². The topological polar surface area (TPSA) is 73.1 Å². The molecule has 3 heterocycles. The van der Waals surface area contributed by atoms with Gasteiger partial charge in [-0.25, -0.2) is 9.97 Å². The molecule has 1 atom stereocenters. The molecule has 0 spiro atoms. The summed E-state index contributed by atoms with van der Waals surface area (Å²) in [5, 5.41) is 4.55. The summed E-state index contributed by atoms with van der Waals surface area (Å²) in [5.74, 6) is 0.750. The molecule has 7 nitrogen and oxygen atoms in total. The van der Waals surface area contributed by atoms with E-state index in [-0.39, 0.29) is 11.9 Å². The van der Waals surface area contributed by atoms with Crippen LogP contribution in [0.25, 0.3) is 11.1 Å². The zero-order chi connectivity index (χ0) is 20.8. The average molecular weight is 403 g/mol. The number of fused-ring (bicyclic) bond motifs is 1. The van der Waals surface area contributed by atoms with Gasteiger partial charge in [0, 0.05) is 48.2 Å². The largest absolute Gasteiger partial charge is 0.423 e. The second-order valence-corrected chi connectivity index (χ2v) is 8.30. The summed E-state index contributed by atoms with van der Waals surface area (Å²) in [6, 6.07) is 5.01. The lowest BCUT2D eigenvalue weighted by atomic mass is 9.92. The Morgan fingerprint density at radius 3 is 2.60 bits per heavy atom. The monoisotopic (exact) mass is 403 g/mol. The van der Waals surface area contributed by atoms with E-state index in [0.717, 1.165) is 40.8 Å². The minimum absolute atomic E-state index is 0.0373. The average Bonchev–Trinajstić information content (AvgIpc) is 3.46. The van der Waals surface area contributed by atoms with Crippen molar-refractivity contribution in [2.45, 2.75) is 58.5 Å². The van der Waals surface area contributed by atoms with Gasteiger partial charge in [0.2, 0.25) is 5.91 Å². The van der Waals surface area contributed by atoms with Crippen LogP contribution in [0.1, 0.15) is 50.3 Å². The fraction of sp³-hybridized carbons (Fsp3) is 0.391. The molecule has 0 bridgehead atoms. The second kappa shape index (κ2) is 7.23. The molecule has 7 heteroatoms. The molecule has 1 saturated carbocycles. The maximum atomic E-state index is 12.4. The first-order chi connectivity index (χ1) is 14.5. The van der Waals surface area contributed by atoms with Gasteiger partial charge >= 0.3 is 6.01 Å². The standard InChI is InChI=1S/C23H25N5O2/c1-14-10-24-23(25-11-14)30-22-19(17-12-26-27(13-17)18-5-6-18)8-9-21-20(22)7-4-15(2)28(21)16(3)29/h8-13,15,18H,4-7H2,1-3H3. The maximum absolute atomic E-state index is 12.4. The first kappa shape index (κ1) is 18.8. The van der Waals surface area contributed by atoms with E-state index in [1.54, 1.807) is 19.3 Å². The summed E-state index contributed by atoms with van der Waals surface area (Å²) in [5.41, 5.74) is 4.84. The third-order valence-electron chi connectivity index (χ3n) is 5.87. The molecule has 0 saturated heterocycles. The molecule has 3 aromatic rings. The van der Waals surface area contributed by atoms with Crippen molar-refractivity contribution in [1.29, 1.82) is 0 Å². The molecule has 2 aliphatic rings. The highest BCUT2D eigenvalue weighted by Gasteiger charge is 2.31. The number of nitrogens with zero attached hydrogens (tertiary/aromatic N) is 5. The highest BCUT2D eigenvalue weighted by molar-refractivity contribution is 5.95. The molecular weight excluding hydrogens is 378 g/mol. The van der Waals surface area contributed by atoms with Crippen LogP contribution < -0.4 is 9.64 Å². The molecule has 1 fully saturated rings. The van der Waals surface area contributed by atoms with E-state index < -0.39 is 0 Å². The number of hydrogen-bond acceptors (Lipinski definition) is 5. The van der Waals surface area contributed by atoms with Crippen molar-refractivity contribution in [3.05, 3.63) is 48.0 Å². The van der Waals surface area contributed by atoms with Crippen LogP contribution in [0, 0.1) is 6.92 Å². The number of anilines is 1. The van der Waals surface area contributed by atoms with Crippen molar-refractivity contribution < 1.29 is 9.53 Å². The van der Waals surface area contributed by atoms with Crippen LogP contribution in [-0.4, -0.2) is 31.7 Å². The normalized spacial score (nSPS) is 18.2. The number of benzene rings is 1. The van der Waals surface area contributed by atoms with E-state index in [1.807, 2.05) is 34.8 Å². The Balaban J connectivity index is 1.64. The molecule has 2 aromatic heterocycles. The van der Waals surface area contributed by atoms with Gasteiger partial charge in [0.05, 0.1) is 17.9 Å². The lowest BCUT2D eigenvalue weighted by Crippen LogP contribution is -2.40. The summed E-state index contributed by atoms with van der Waals surface area (Å²) in [7, 11) is 0. The van der Waals surface area contributed by atoms with Gasteiger partial charge < -0.3 is 9.64 Å². The Bertz CT molecular complexity index is 1100. The molecule has 5 rings (SSSR count). The summed E-state index contributed by atoms with van der Waals surface area (Å²) >= 11 is 0. The fourth-order valence-electron chi connectivity index (χ4n) is 4.17. The molecule has 1 aromatic carbocycles. The predicted molar refractivity (Wildman–Crippen MR) is 114 cm³/mol. The van der Waals surface area contributed by atoms with Gasteiger partial charge in [-0.15, -0.1) is 0 Å². The van der Waals surface area contributed by atoms with Gasteiger partial charge in [-0.2, -0.15) is 5.10 Å². The molecule has 1 aliphatic heterocycles. The summed E-state index contributed by atoms with van der Waals surface area (Å²) < 4.78 is 8.30. The summed E-state index contributed by atoms with van der Waals surface area (Å²) in [6.45, 7) is 5.64. The van der Waals surface area contributed by atoms with Crippen molar-refractivity contribution in [3.63, 3.8) is 0 Å². The number of carbonyl (C=O) groups excluding carboxylic acids is 1. The number of aryl methyl sites for hydroxylation is 1. The molecule has 154 valence electrons. The van der Waals surface area contributed by atoms with Crippen molar-refractivity contribution in [1.82, 2.24) is 19.7 Å². The van der Waals surface area contributed by atoms with E-state index in [1.165, 1.54) is 12.8 Å². The van der Waals surface area contributed by atoms with Crippen molar-refractivity contribution in [3.8, 4) is 22.9 Å². The number of ether oxygens (including phenoxy) is 1. The second-order valence-electron chi connectivity index (χ2n) is 8.30. The number of carbonyl (C=O) groups is 1. The molecule has 30 heavy (non-hydrogen) atoms. The molecule has 1 unspecified atom stereocenters. The van der Waals surface area contributed by atoms with Gasteiger partial charge in [0.15, 0.2) is 0 Å². The van der Waals surface area contributed by atoms with Crippen molar-refractivity contribution >= 4 is 11.6 Å². The van der Waals surface area contributed by atoms with E-state index in [2.05, 4.69) is 28.2 Å². The van der Waals surface area contributed by atoms with Gasteiger partial charge in [0.25, 0.3) is 0 Å². The Morgan fingerprint density at radius 1 is 1.13 bits per heavy atom. The number of rotatable bonds is 4. The van der Waals surface area contributed by atoms with Crippen molar-refractivity contribution in [2.75, 3.05) is 4.90 Å². The van der Waals surface area contributed by atoms with Crippen LogP contribution in [0.15, 0.2) is 36.9 Å². The molecule has 0 N–H and O–H groups in total. The van der Waals surface area contributed by atoms with Gasteiger partial charge in [0.1, 0.15) is 5.75 Å². The third kappa shape index (κ3) is 3.34. The molecule has 1 aliphatic carbocycles. The van der Waals surface area contributed by atoms with Crippen LogP contribution in [0.4, 0.5) is 5.69 Å². The molecule has 1 amide bonds. The van der Waals surface area contributed by atoms with Gasteiger partial charge in [-0.05, 0) is 57.2 Å². The van der Waals surface area contributed by atoms with Crippen LogP contribution in [0.3, 0.4) is 0 Å². The van der Waals surface area contributed by atoms with Crippen LogP contribution in [0.5, 0.6) is 11.8 Å². The lowest BCUT2D eigenvalue weighted by Gasteiger charge is -2.35. The van der Waals surface area contributed by atoms with Crippen LogP contribution in [-0.2, 0) is 11.2 Å². The third-order valence-corrected chi connectivity index (χ3v) is 5.87. The first-order valence-corrected chi connectivity index (χ1v) is 10.5. The highest BCUT2D eigenvalue weighted by atomic mass is 16.5. The Morgan fingerprint density at radius 2 is 1.90 bits per heavy atom. The molecule has 0 radical (unpaired) electrons.